The third-order valence-electron chi connectivity index (χ3n) is 6.11. The topological polar surface area (TPSA) is 79.0 Å². The number of benzene rings is 1. The molecular weight excluding hydrogens is 445 g/mol. The first-order valence-corrected chi connectivity index (χ1v) is 12.0. The van der Waals surface area contributed by atoms with Gasteiger partial charge in [0.25, 0.3) is 5.91 Å². The third-order valence-corrected chi connectivity index (χ3v) is 6.98. The van der Waals surface area contributed by atoms with Crippen LogP contribution in [0.15, 0.2) is 41.8 Å². The van der Waals surface area contributed by atoms with E-state index in [0.29, 0.717) is 37.9 Å². The van der Waals surface area contributed by atoms with Crippen LogP contribution in [0, 0.1) is 5.82 Å². The summed E-state index contributed by atoms with van der Waals surface area (Å²) >= 11 is 1.55. The van der Waals surface area contributed by atoms with Crippen LogP contribution in [0.4, 0.5) is 4.39 Å². The molecule has 176 valence electrons. The van der Waals surface area contributed by atoms with Gasteiger partial charge in [-0.05, 0) is 49.6 Å². The van der Waals surface area contributed by atoms with E-state index in [-0.39, 0.29) is 30.4 Å². The van der Waals surface area contributed by atoms with E-state index in [0.717, 1.165) is 4.88 Å². The van der Waals surface area contributed by atoms with Gasteiger partial charge in [-0.25, -0.2) is 4.39 Å². The van der Waals surface area contributed by atoms with Gasteiger partial charge in [0.05, 0.1) is 13.0 Å². The van der Waals surface area contributed by atoms with Crippen LogP contribution >= 0.6 is 11.3 Å². The second-order valence-electron chi connectivity index (χ2n) is 8.76. The molecule has 2 aliphatic heterocycles. The highest BCUT2D eigenvalue weighted by molar-refractivity contribution is 7.10. The number of likely N-dealkylation sites (tertiary alicyclic amines) is 1. The Bertz CT molecular complexity index is 1000. The van der Waals surface area contributed by atoms with Crippen molar-refractivity contribution >= 4 is 29.1 Å². The van der Waals surface area contributed by atoms with Gasteiger partial charge in [-0.2, -0.15) is 0 Å². The maximum atomic E-state index is 13.5. The number of rotatable bonds is 5. The predicted molar refractivity (Wildman–Crippen MR) is 122 cm³/mol. The lowest BCUT2D eigenvalue weighted by atomic mass is 9.96. The van der Waals surface area contributed by atoms with Crippen LogP contribution in [-0.2, 0) is 20.7 Å². The van der Waals surface area contributed by atoms with Gasteiger partial charge in [-0.3, -0.25) is 19.3 Å². The summed E-state index contributed by atoms with van der Waals surface area (Å²) in [6, 6.07) is 8.27. The average Bonchev–Trinajstić information content (AvgIpc) is 3.42. The van der Waals surface area contributed by atoms with Gasteiger partial charge in [0.1, 0.15) is 17.6 Å². The number of halogens is 1. The van der Waals surface area contributed by atoms with E-state index in [2.05, 4.69) is 5.32 Å². The molecule has 33 heavy (non-hydrogen) atoms. The fourth-order valence-electron chi connectivity index (χ4n) is 4.46. The van der Waals surface area contributed by atoms with Crippen molar-refractivity contribution in [3.8, 4) is 0 Å². The van der Waals surface area contributed by atoms with Gasteiger partial charge >= 0.3 is 0 Å². The first-order valence-electron chi connectivity index (χ1n) is 11.1. The van der Waals surface area contributed by atoms with Crippen molar-refractivity contribution in [1.82, 2.24) is 15.1 Å². The number of hydrogen-bond acceptors (Lipinski definition) is 5. The summed E-state index contributed by atoms with van der Waals surface area (Å²) in [5.74, 6) is -1.07. The zero-order valence-corrected chi connectivity index (χ0v) is 19.6. The Hall–Kier alpha value is -2.78. The summed E-state index contributed by atoms with van der Waals surface area (Å²) < 4.78 is 19.6. The summed E-state index contributed by atoms with van der Waals surface area (Å²) in [6.07, 6.45) is 1.16. The SMILES string of the molecule is CC(C)NC(=O)C1COC2(CCN(C(=O)Cc3cccs3)CC2)N1C(=O)c1ccc(F)cc1. The molecule has 3 amide bonds. The molecule has 0 saturated carbocycles. The molecule has 4 rings (SSSR count). The summed E-state index contributed by atoms with van der Waals surface area (Å²) in [6.45, 7) is 4.64. The van der Waals surface area contributed by atoms with E-state index in [9.17, 15) is 18.8 Å². The van der Waals surface area contributed by atoms with Gasteiger partial charge in [0.2, 0.25) is 11.8 Å². The van der Waals surface area contributed by atoms with Crippen molar-refractivity contribution in [3.05, 3.63) is 58.0 Å². The van der Waals surface area contributed by atoms with E-state index >= 15 is 0 Å². The molecule has 1 spiro atoms. The van der Waals surface area contributed by atoms with E-state index < -0.39 is 17.6 Å². The molecule has 1 unspecified atom stereocenters. The summed E-state index contributed by atoms with van der Waals surface area (Å²) in [5, 5.41) is 4.81. The maximum absolute atomic E-state index is 13.5. The number of carbonyl (C=O) groups excluding carboxylic acids is 3. The Morgan fingerprint density at radius 3 is 2.48 bits per heavy atom. The van der Waals surface area contributed by atoms with Crippen LogP contribution in [0.3, 0.4) is 0 Å². The van der Waals surface area contributed by atoms with Crippen LogP contribution in [0.1, 0.15) is 41.9 Å². The largest absolute Gasteiger partial charge is 0.353 e. The van der Waals surface area contributed by atoms with E-state index in [1.165, 1.54) is 29.2 Å². The first-order chi connectivity index (χ1) is 15.8. The molecule has 0 aliphatic carbocycles. The van der Waals surface area contributed by atoms with Gasteiger partial charge < -0.3 is 15.0 Å². The monoisotopic (exact) mass is 473 g/mol. The fraction of sp³-hybridized carbons (Fsp3) is 0.458. The van der Waals surface area contributed by atoms with Crippen molar-refractivity contribution in [3.63, 3.8) is 0 Å². The van der Waals surface area contributed by atoms with Crippen LogP contribution in [0.25, 0.3) is 0 Å². The van der Waals surface area contributed by atoms with Crippen molar-refractivity contribution < 1.29 is 23.5 Å². The van der Waals surface area contributed by atoms with Gasteiger partial charge in [0, 0.05) is 42.4 Å². The molecule has 1 aromatic heterocycles. The summed E-state index contributed by atoms with van der Waals surface area (Å²) in [5.41, 5.74) is -0.690. The Kier molecular flexibility index (Phi) is 6.81. The molecule has 2 saturated heterocycles. The molecule has 1 atom stereocenters. The minimum Gasteiger partial charge on any atom is -0.353 e. The smallest absolute Gasteiger partial charge is 0.256 e. The quantitative estimate of drug-likeness (QED) is 0.724. The van der Waals surface area contributed by atoms with E-state index in [1.807, 2.05) is 31.4 Å². The number of amides is 3. The highest BCUT2D eigenvalue weighted by Gasteiger charge is 2.54. The van der Waals surface area contributed by atoms with E-state index in [1.54, 1.807) is 16.2 Å². The minimum atomic E-state index is -0.982. The van der Waals surface area contributed by atoms with Crippen molar-refractivity contribution in [2.24, 2.45) is 0 Å². The van der Waals surface area contributed by atoms with Gasteiger partial charge in [0.15, 0.2) is 0 Å². The lowest BCUT2D eigenvalue weighted by molar-refractivity contribution is -0.143. The van der Waals surface area contributed by atoms with E-state index in [4.69, 9.17) is 4.74 Å². The average molecular weight is 474 g/mol. The van der Waals surface area contributed by atoms with Gasteiger partial charge in [-0.15, -0.1) is 11.3 Å². The molecule has 1 N–H and O–H groups in total. The van der Waals surface area contributed by atoms with Crippen LogP contribution in [0.5, 0.6) is 0 Å². The molecule has 0 radical (unpaired) electrons. The zero-order chi connectivity index (χ0) is 23.6. The van der Waals surface area contributed by atoms with Crippen molar-refractivity contribution in [1.29, 1.82) is 0 Å². The van der Waals surface area contributed by atoms with Crippen LogP contribution in [-0.4, -0.2) is 65.0 Å². The normalized spacial score (nSPS) is 19.8. The second-order valence-corrected chi connectivity index (χ2v) is 9.79. The first kappa shape index (κ1) is 23.4. The molecule has 7 nitrogen and oxygen atoms in total. The second kappa shape index (κ2) is 9.61. The standard InChI is InChI=1S/C24H28FN3O4S/c1-16(2)26-22(30)20-15-32-24(28(20)23(31)17-5-7-18(25)8-6-17)9-11-27(12-10-24)21(29)14-19-4-3-13-33-19/h3-8,13,16,20H,9-12,14-15H2,1-2H3,(H,26,30). The molecule has 1 aromatic carbocycles. The Morgan fingerprint density at radius 1 is 1.18 bits per heavy atom. The number of hydrogen-bond donors (Lipinski definition) is 1. The molecule has 9 heteroatoms. The predicted octanol–water partition coefficient (Wildman–Crippen LogP) is 2.81. The molecule has 2 fully saturated rings. The molecule has 2 aliphatic rings. The number of piperidine rings is 1. The number of nitrogens with zero attached hydrogens (tertiary/aromatic N) is 2. The van der Waals surface area contributed by atoms with Crippen molar-refractivity contribution in [2.45, 2.75) is 50.9 Å². The minimum absolute atomic E-state index is 0.0378. The zero-order valence-electron chi connectivity index (χ0n) is 18.8. The lowest BCUT2D eigenvalue weighted by Gasteiger charge is -2.44. The Balaban J connectivity index is 1.54. The molecule has 2 aromatic rings. The van der Waals surface area contributed by atoms with Crippen LogP contribution < -0.4 is 5.32 Å². The van der Waals surface area contributed by atoms with Crippen molar-refractivity contribution in [2.75, 3.05) is 19.7 Å². The number of nitrogens with one attached hydrogen (secondary N) is 1. The van der Waals surface area contributed by atoms with Crippen LogP contribution in [0.2, 0.25) is 0 Å². The Labute approximate surface area is 196 Å². The fourth-order valence-corrected chi connectivity index (χ4v) is 5.15. The summed E-state index contributed by atoms with van der Waals surface area (Å²) in [7, 11) is 0. The number of thiophene rings is 1. The molecule has 0 bridgehead atoms. The highest BCUT2D eigenvalue weighted by Crippen LogP contribution is 2.38. The number of ether oxygens (including phenoxy) is 1. The maximum Gasteiger partial charge on any atom is 0.256 e. The van der Waals surface area contributed by atoms with Gasteiger partial charge in [-0.1, -0.05) is 6.07 Å². The molecular formula is C24H28FN3O4S. The lowest BCUT2D eigenvalue weighted by Crippen LogP contribution is -2.60. The Morgan fingerprint density at radius 2 is 1.88 bits per heavy atom. The third kappa shape index (κ3) is 4.94. The summed E-state index contributed by atoms with van der Waals surface area (Å²) in [4.78, 5) is 43.5. The highest BCUT2D eigenvalue weighted by atomic mass is 32.1. The number of carbonyl (C=O) groups is 3. The molecule has 3 heterocycles.